The Labute approximate surface area is 451 Å². The van der Waals surface area contributed by atoms with Crippen molar-refractivity contribution in [2.45, 2.75) is 80.1 Å². The van der Waals surface area contributed by atoms with Crippen molar-refractivity contribution in [2.24, 2.45) is 11.8 Å². The second kappa shape index (κ2) is 26.0. The second-order valence-corrected chi connectivity index (χ2v) is 24.7. The van der Waals surface area contributed by atoms with E-state index < -0.39 is 20.8 Å². The van der Waals surface area contributed by atoms with E-state index in [2.05, 4.69) is 242 Å². The number of benzene rings is 8. The maximum absolute atomic E-state index is 4.93. The van der Waals surface area contributed by atoms with Gasteiger partial charge in [0.2, 0.25) is 0 Å². The van der Waals surface area contributed by atoms with Gasteiger partial charge in [0.25, 0.3) is 0 Å². The van der Waals surface area contributed by atoms with E-state index in [4.69, 9.17) is 17.0 Å². The zero-order chi connectivity index (χ0) is 50.4. The second-order valence-electron chi connectivity index (χ2n) is 19.7. The summed E-state index contributed by atoms with van der Waals surface area (Å²) in [6.45, 7) is 13.7. The van der Waals surface area contributed by atoms with Gasteiger partial charge in [-0.3, -0.25) is 0 Å². The Morgan fingerprint density at radius 1 is 0.472 bits per heavy atom. The molecule has 0 aromatic heterocycles. The summed E-state index contributed by atoms with van der Waals surface area (Å²) in [5.74, 6) is 1.35. The summed E-state index contributed by atoms with van der Waals surface area (Å²) < 4.78 is 0. The minimum absolute atomic E-state index is 0.673. The molecule has 0 unspecified atom stereocenters. The molecular weight excluding hydrogens is 1010 g/mol. The first-order chi connectivity index (χ1) is 35.2. The minimum Gasteiger partial charge on any atom is -0.184 e. The summed E-state index contributed by atoms with van der Waals surface area (Å²) in [4.78, 5) is 0. The Balaban J connectivity index is 0.000000149. The summed E-state index contributed by atoms with van der Waals surface area (Å²) in [5, 5.41) is 8.38. The van der Waals surface area contributed by atoms with E-state index in [9.17, 15) is 0 Å². The van der Waals surface area contributed by atoms with Crippen LogP contribution in [0.5, 0.6) is 0 Å². The van der Waals surface area contributed by atoms with E-state index in [0.29, 0.717) is 11.8 Å². The molecule has 10 aromatic carbocycles. The van der Waals surface area contributed by atoms with E-state index >= 15 is 0 Å². The van der Waals surface area contributed by atoms with Crippen LogP contribution in [0.25, 0.3) is 77.2 Å². The summed E-state index contributed by atoms with van der Waals surface area (Å²) in [6.07, 6.45) is 6.81. The van der Waals surface area contributed by atoms with Crippen molar-refractivity contribution >= 4 is 58.5 Å². The van der Waals surface area contributed by atoms with Crippen LogP contribution in [0, 0.1) is 17.9 Å². The van der Waals surface area contributed by atoms with Gasteiger partial charge in [0.1, 0.15) is 0 Å². The van der Waals surface area contributed by atoms with Crippen molar-refractivity contribution < 1.29 is 20.8 Å². The molecule has 0 nitrogen and oxygen atoms in total. The third-order valence-electron chi connectivity index (χ3n) is 13.3. The Bertz CT molecular complexity index is 3080. The average Bonchev–Trinajstić information content (AvgIpc) is 4.12. The summed E-state index contributed by atoms with van der Waals surface area (Å²) in [5.41, 5.74) is 19.4. The van der Waals surface area contributed by atoms with Crippen molar-refractivity contribution in [2.75, 3.05) is 0 Å². The molecule has 10 aromatic rings. The summed E-state index contributed by atoms with van der Waals surface area (Å²) >= 11 is -0.826. The van der Waals surface area contributed by atoms with Gasteiger partial charge in [0, 0.05) is 0 Å². The van der Waals surface area contributed by atoms with Crippen LogP contribution in [0.1, 0.15) is 76.6 Å². The fraction of sp³-hybridized carbons (Fsp3) is 0.206. The molecule has 0 bridgehead atoms. The van der Waals surface area contributed by atoms with E-state index in [1.807, 2.05) is 6.07 Å². The smallest absolute Gasteiger partial charge is 0.0920 e. The Morgan fingerprint density at radius 2 is 0.875 bits per heavy atom. The molecule has 0 aliphatic carbocycles. The normalized spacial score (nSPS) is 11.3. The molecule has 0 N–H and O–H groups in total. The van der Waals surface area contributed by atoms with E-state index in [1.165, 1.54) is 110 Å². The largest absolute Gasteiger partial charge is 0.184 e. The monoisotopic (exact) mass is 1070 g/mol. The van der Waals surface area contributed by atoms with E-state index in [-0.39, 0.29) is 0 Å². The van der Waals surface area contributed by atoms with Crippen LogP contribution in [-0.4, -0.2) is 9.52 Å². The number of fused-ring (bicyclic) bond motifs is 5. The SMILES string of the molecule is CCCc1ccc2[cH-]c(CC(C)C)cc2c1-c1ccccc1-c1ccccc1.CCCc1ccc2[cH-]c(CC(C)C)cc2c1-c1ccccc1-c1ccccc1.[Cl][Zr][Cl].[c-]1cccc2c1[Si]c1ccccc1-2. The zero-order valence-corrected chi connectivity index (χ0v) is 47.7. The molecular formula is C68H65Cl2SiZr-3. The number of hydrogen-bond acceptors (Lipinski definition) is 0. The van der Waals surface area contributed by atoms with Crippen molar-refractivity contribution in [1.82, 2.24) is 0 Å². The van der Waals surface area contributed by atoms with Gasteiger partial charge in [0.15, 0.2) is 0 Å². The number of aryl methyl sites for hydroxylation is 2. The molecule has 1 heterocycles. The third kappa shape index (κ3) is 12.9. The van der Waals surface area contributed by atoms with Crippen molar-refractivity contribution in [3.63, 3.8) is 0 Å². The molecule has 4 heteroatoms. The molecule has 1 aliphatic rings. The van der Waals surface area contributed by atoms with Crippen molar-refractivity contribution in [3.05, 3.63) is 229 Å². The van der Waals surface area contributed by atoms with Crippen LogP contribution in [0.2, 0.25) is 0 Å². The van der Waals surface area contributed by atoms with Gasteiger partial charge in [0.05, 0.1) is 9.52 Å². The average molecular weight is 1070 g/mol. The predicted octanol–water partition coefficient (Wildman–Crippen LogP) is 18.6. The van der Waals surface area contributed by atoms with E-state index in [1.54, 1.807) is 0 Å². The number of hydrogen-bond donors (Lipinski definition) is 0. The third-order valence-corrected chi connectivity index (χ3v) is 14.7. The fourth-order valence-corrected chi connectivity index (χ4v) is 11.7. The first-order valence-corrected chi connectivity index (χ1v) is 33.1. The van der Waals surface area contributed by atoms with Gasteiger partial charge in [-0.25, -0.2) is 0 Å². The van der Waals surface area contributed by atoms with Gasteiger partial charge in [-0.05, 0) is 70.9 Å². The Hall–Kier alpha value is -5.34. The van der Waals surface area contributed by atoms with Gasteiger partial charge in [-0.2, -0.15) is 41.6 Å². The van der Waals surface area contributed by atoms with Gasteiger partial charge in [-0.15, -0.1) is 74.6 Å². The number of halogens is 2. The molecule has 0 saturated heterocycles. The molecule has 1 aliphatic heterocycles. The summed E-state index contributed by atoms with van der Waals surface area (Å²) in [6, 6.07) is 76.5. The fourth-order valence-electron chi connectivity index (χ4n) is 10.4. The zero-order valence-electron chi connectivity index (χ0n) is 42.7. The van der Waals surface area contributed by atoms with Gasteiger partial charge >= 0.3 is 37.9 Å². The molecule has 72 heavy (non-hydrogen) atoms. The molecule has 362 valence electrons. The topological polar surface area (TPSA) is 0 Å². The molecule has 0 amide bonds. The van der Waals surface area contributed by atoms with E-state index in [0.717, 1.165) is 48.0 Å². The Kier molecular flexibility index (Phi) is 19.2. The van der Waals surface area contributed by atoms with Crippen molar-refractivity contribution in [3.8, 4) is 55.6 Å². The standard InChI is InChI=1S/2C28H29.C12H7Si.2ClH.Zr/c2*1-4-10-23-15-16-24-18-21(17-20(2)3)19-27(24)28(23)26-14-9-8-13-25(26)22-11-6-5-7-12-22;1-3-7-11-9(5-1)10-6-2-4-8-12(10)13-11;;;/h2*5-9,11-16,18-20H,4,10,17H2,1-3H3;1-7H;2*1H;/q3*-1;;;+2/p-2. The molecule has 2 radical (unpaired) electrons. The first-order valence-electron chi connectivity index (χ1n) is 25.8. The van der Waals surface area contributed by atoms with Crippen LogP contribution in [0.3, 0.4) is 0 Å². The van der Waals surface area contributed by atoms with Crippen LogP contribution in [-0.2, 0) is 46.5 Å². The maximum Gasteiger partial charge on any atom is 0.0920 e. The first kappa shape index (κ1) is 53.0. The molecule has 0 saturated carbocycles. The van der Waals surface area contributed by atoms with Crippen LogP contribution in [0.15, 0.2) is 200 Å². The number of rotatable bonds is 12. The predicted molar refractivity (Wildman–Crippen MR) is 313 cm³/mol. The van der Waals surface area contributed by atoms with Crippen LogP contribution in [0.4, 0.5) is 0 Å². The van der Waals surface area contributed by atoms with Crippen LogP contribution < -0.4 is 10.4 Å². The van der Waals surface area contributed by atoms with Gasteiger partial charge < -0.3 is 0 Å². The maximum atomic E-state index is 4.93. The molecule has 11 rings (SSSR count). The van der Waals surface area contributed by atoms with Crippen molar-refractivity contribution in [1.29, 1.82) is 0 Å². The minimum atomic E-state index is -0.826. The van der Waals surface area contributed by atoms with Gasteiger partial charge in [-0.1, -0.05) is 221 Å². The van der Waals surface area contributed by atoms with Crippen LogP contribution >= 0.6 is 17.0 Å². The molecule has 0 spiro atoms. The molecule has 0 atom stereocenters. The summed E-state index contributed by atoms with van der Waals surface area (Å²) in [7, 11) is 10.7. The molecule has 0 fully saturated rings. The quantitative estimate of drug-likeness (QED) is 0.0845. The Morgan fingerprint density at radius 3 is 1.32 bits per heavy atom.